The summed E-state index contributed by atoms with van der Waals surface area (Å²) in [5, 5.41) is 6.76. The number of nitrogens with one attached hydrogen (secondary N) is 1. The van der Waals surface area contributed by atoms with Gasteiger partial charge in [-0.15, -0.1) is 0 Å². The molecular weight excluding hydrogens is 311 g/mol. The number of anilines is 1. The maximum atomic E-state index is 12.9. The van der Waals surface area contributed by atoms with Gasteiger partial charge < -0.3 is 14.9 Å². The number of oxime groups is 1. The molecule has 2 aromatic carbocycles. The Labute approximate surface area is 139 Å². The zero-order valence-electron chi connectivity index (χ0n) is 13.4. The summed E-state index contributed by atoms with van der Waals surface area (Å²) in [5.74, 6) is 0.0536. The fraction of sp³-hybridized carbons (Fsp3) is 0.222. The molecule has 3 rings (SSSR count). The lowest BCUT2D eigenvalue weighted by molar-refractivity contribution is -0.135. The first kappa shape index (κ1) is 16.0. The molecule has 0 aromatic heterocycles. The number of ether oxygens (including phenoxy) is 1. The molecule has 24 heavy (non-hydrogen) atoms. The van der Waals surface area contributed by atoms with Gasteiger partial charge in [-0.25, -0.2) is 4.39 Å². The lowest BCUT2D eigenvalue weighted by Gasteiger charge is -2.20. The molecule has 1 amide bonds. The Balaban J connectivity index is 1.69. The van der Waals surface area contributed by atoms with Crippen LogP contribution in [0.3, 0.4) is 0 Å². The van der Waals surface area contributed by atoms with Crippen molar-refractivity contribution in [3.8, 4) is 5.75 Å². The molecule has 1 aliphatic heterocycles. The maximum Gasteiger partial charge on any atom is 0.271 e. The summed E-state index contributed by atoms with van der Waals surface area (Å²) >= 11 is 0. The summed E-state index contributed by atoms with van der Waals surface area (Å²) in [7, 11) is 1.60. The predicted molar refractivity (Wildman–Crippen MR) is 88.7 cm³/mol. The van der Waals surface area contributed by atoms with E-state index in [0.29, 0.717) is 17.8 Å². The van der Waals surface area contributed by atoms with Gasteiger partial charge in [0, 0.05) is 12.1 Å². The fourth-order valence-electron chi connectivity index (χ4n) is 2.40. The molecule has 0 spiro atoms. The molecule has 0 aliphatic carbocycles. The van der Waals surface area contributed by atoms with Crippen LogP contribution in [0.2, 0.25) is 0 Å². The first-order valence-electron chi connectivity index (χ1n) is 7.47. The van der Waals surface area contributed by atoms with Gasteiger partial charge in [0.2, 0.25) is 5.60 Å². The Morgan fingerprint density at radius 1 is 1.21 bits per heavy atom. The number of carbonyl (C=O) groups is 1. The van der Waals surface area contributed by atoms with Crippen molar-refractivity contribution in [1.82, 2.24) is 0 Å². The summed E-state index contributed by atoms with van der Waals surface area (Å²) in [6.07, 6.45) is 0.340. The molecule has 0 radical (unpaired) electrons. The van der Waals surface area contributed by atoms with E-state index in [0.717, 1.165) is 11.3 Å². The van der Waals surface area contributed by atoms with Crippen LogP contribution in [0.5, 0.6) is 5.75 Å². The van der Waals surface area contributed by atoms with Crippen LogP contribution in [-0.2, 0) is 9.63 Å². The second kappa shape index (κ2) is 6.31. The van der Waals surface area contributed by atoms with Crippen LogP contribution >= 0.6 is 0 Å². The van der Waals surface area contributed by atoms with Crippen molar-refractivity contribution in [1.29, 1.82) is 0 Å². The average Bonchev–Trinajstić information content (AvgIpc) is 3.01. The van der Waals surface area contributed by atoms with E-state index in [1.54, 1.807) is 14.0 Å². The first-order valence-corrected chi connectivity index (χ1v) is 7.47. The second-order valence-corrected chi connectivity index (χ2v) is 5.73. The lowest BCUT2D eigenvalue weighted by Crippen LogP contribution is -2.40. The van der Waals surface area contributed by atoms with Crippen molar-refractivity contribution in [2.75, 3.05) is 12.4 Å². The van der Waals surface area contributed by atoms with Crippen LogP contribution in [0.1, 0.15) is 18.9 Å². The summed E-state index contributed by atoms with van der Waals surface area (Å²) in [5.41, 5.74) is 0.955. The first-order chi connectivity index (χ1) is 11.5. The molecule has 0 saturated carbocycles. The summed E-state index contributed by atoms with van der Waals surface area (Å²) in [6.45, 7) is 1.67. The number of amides is 1. The van der Waals surface area contributed by atoms with E-state index in [-0.39, 0.29) is 11.7 Å². The van der Waals surface area contributed by atoms with Crippen LogP contribution in [0, 0.1) is 5.82 Å². The van der Waals surface area contributed by atoms with E-state index in [2.05, 4.69) is 10.5 Å². The second-order valence-electron chi connectivity index (χ2n) is 5.73. The molecule has 0 bridgehead atoms. The highest BCUT2D eigenvalue weighted by Gasteiger charge is 2.42. The monoisotopic (exact) mass is 328 g/mol. The van der Waals surface area contributed by atoms with Gasteiger partial charge in [-0.1, -0.05) is 5.16 Å². The van der Waals surface area contributed by atoms with Crippen molar-refractivity contribution in [3.63, 3.8) is 0 Å². The minimum atomic E-state index is -1.11. The summed E-state index contributed by atoms with van der Waals surface area (Å²) in [4.78, 5) is 17.9. The van der Waals surface area contributed by atoms with Gasteiger partial charge in [0.15, 0.2) is 0 Å². The SMILES string of the molecule is COc1ccc(C2=NO[C@](C)(C(=O)Nc3ccc(F)cc3)C2)cc1. The normalized spacial score (nSPS) is 19.4. The minimum Gasteiger partial charge on any atom is -0.497 e. The smallest absolute Gasteiger partial charge is 0.271 e. The van der Waals surface area contributed by atoms with Crippen molar-refractivity contribution >= 4 is 17.3 Å². The maximum absolute atomic E-state index is 12.9. The molecule has 1 N–H and O–H groups in total. The number of hydrogen-bond acceptors (Lipinski definition) is 4. The van der Waals surface area contributed by atoms with Crippen molar-refractivity contribution in [2.45, 2.75) is 18.9 Å². The standard InChI is InChI=1S/C18H17FN2O3/c1-18(17(22)20-14-7-5-13(19)6-8-14)11-16(21-24-18)12-3-9-15(23-2)10-4-12/h3-10H,11H2,1-2H3,(H,20,22)/t18-/m0/s1. The Morgan fingerprint density at radius 2 is 1.88 bits per heavy atom. The van der Waals surface area contributed by atoms with Crippen molar-refractivity contribution in [2.24, 2.45) is 5.16 Å². The molecule has 124 valence electrons. The highest BCUT2D eigenvalue weighted by atomic mass is 19.1. The van der Waals surface area contributed by atoms with Crippen LogP contribution < -0.4 is 10.1 Å². The summed E-state index contributed by atoms with van der Waals surface area (Å²) < 4.78 is 18.1. The largest absolute Gasteiger partial charge is 0.497 e. The van der Waals surface area contributed by atoms with Crippen LogP contribution in [0.4, 0.5) is 10.1 Å². The topological polar surface area (TPSA) is 59.9 Å². The van der Waals surface area contributed by atoms with E-state index < -0.39 is 5.60 Å². The molecule has 0 fully saturated rings. The molecular formula is C18H17FN2O3. The van der Waals surface area contributed by atoms with Gasteiger partial charge in [-0.2, -0.15) is 0 Å². The Bertz CT molecular complexity index is 772. The number of halogens is 1. The third-order valence-corrected chi connectivity index (χ3v) is 3.87. The van der Waals surface area contributed by atoms with Crippen molar-refractivity contribution in [3.05, 3.63) is 59.9 Å². The molecule has 5 nitrogen and oxygen atoms in total. The minimum absolute atomic E-state index is 0.332. The van der Waals surface area contributed by atoms with Gasteiger partial charge in [-0.05, 0) is 61.0 Å². The Kier molecular flexibility index (Phi) is 4.20. The van der Waals surface area contributed by atoms with Gasteiger partial charge >= 0.3 is 0 Å². The third kappa shape index (κ3) is 3.22. The van der Waals surface area contributed by atoms with Gasteiger partial charge in [0.05, 0.1) is 12.8 Å². The highest BCUT2D eigenvalue weighted by molar-refractivity contribution is 6.07. The number of hydrogen-bond donors (Lipinski definition) is 1. The zero-order chi connectivity index (χ0) is 17.2. The van der Waals surface area contributed by atoms with E-state index >= 15 is 0 Å². The van der Waals surface area contributed by atoms with Crippen LogP contribution in [0.25, 0.3) is 0 Å². The fourth-order valence-corrected chi connectivity index (χ4v) is 2.40. The highest BCUT2D eigenvalue weighted by Crippen LogP contribution is 2.28. The number of benzene rings is 2. The van der Waals surface area contributed by atoms with Gasteiger partial charge in [-0.3, -0.25) is 4.79 Å². The molecule has 1 atom stereocenters. The molecule has 2 aromatic rings. The quantitative estimate of drug-likeness (QED) is 0.936. The third-order valence-electron chi connectivity index (χ3n) is 3.87. The molecule has 6 heteroatoms. The number of methoxy groups -OCH3 is 1. The molecule has 0 saturated heterocycles. The van der Waals surface area contributed by atoms with Gasteiger partial charge in [0.1, 0.15) is 11.6 Å². The average molecular weight is 328 g/mol. The Morgan fingerprint density at radius 3 is 2.50 bits per heavy atom. The summed E-state index contributed by atoms with van der Waals surface area (Å²) in [6, 6.07) is 12.9. The van der Waals surface area contributed by atoms with E-state index in [9.17, 15) is 9.18 Å². The van der Waals surface area contributed by atoms with E-state index in [4.69, 9.17) is 9.57 Å². The number of carbonyl (C=O) groups excluding carboxylic acids is 1. The van der Waals surface area contributed by atoms with E-state index in [1.807, 2.05) is 24.3 Å². The van der Waals surface area contributed by atoms with Crippen LogP contribution in [-0.4, -0.2) is 24.3 Å². The van der Waals surface area contributed by atoms with Crippen LogP contribution in [0.15, 0.2) is 53.7 Å². The van der Waals surface area contributed by atoms with Crippen molar-refractivity contribution < 1.29 is 18.8 Å². The number of rotatable bonds is 4. The Hall–Kier alpha value is -2.89. The van der Waals surface area contributed by atoms with E-state index in [1.165, 1.54) is 24.3 Å². The molecule has 1 aliphatic rings. The van der Waals surface area contributed by atoms with Gasteiger partial charge in [0.25, 0.3) is 5.91 Å². The number of nitrogens with zero attached hydrogens (tertiary/aromatic N) is 1. The zero-order valence-corrected chi connectivity index (χ0v) is 13.4. The molecule has 1 heterocycles. The molecule has 0 unspecified atom stereocenters. The predicted octanol–water partition coefficient (Wildman–Crippen LogP) is 3.36. The lowest BCUT2D eigenvalue weighted by atomic mass is 9.95.